The molecule has 0 aliphatic carbocycles. The number of carbonyl (C=O) groups excluding carboxylic acids is 1. The Bertz CT molecular complexity index is 1100. The molecule has 1 unspecified atom stereocenters. The van der Waals surface area contributed by atoms with Crippen molar-refractivity contribution >= 4 is 17.5 Å². The van der Waals surface area contributed by atoms with Gasteiger partial charge in [-0.25, -0.2) is 13.8 Å². The number of imidazole rings is 1. The molecule has 0 spiro atoms. The van der Waals surface area contributed by atoms with Crippen LogP contribution >= 0.6 is 11.6 Å². The normalized spacial score (nSPS) is 12.0. The molecule has 0 saturated carbocycles. The first-order valence-electron chi connectivity index (χ1n) is 9.13. The summed E-state index contributed by atoms with van der Waals surface area (Å²) in [5.74, 6) is -0.0873. The lowest BCUT2D eigenvalue weighted by Crippen LogP contribution is -2.36. The molecule has 2 aromatic heterocycles. The van der Waals surface area contributed by atoms with E-state index in [0.29, 0.717) is 28.6 Å². The Morgan fingerprint density at radius 3 is 2.77 bits per heavy atom. The zero-order valence-corrected chi connectivity index (χ0v) is 17.1. The number of aromatic nitrogens is 4. The Hall–Kier alpha value is -3.25. The van der Waals surface area contributed by atoms with Crippen LogP contribution in [0, 0.1) is 18.3 Å². The van der Waals surface area contributed by atoms with E-state index >= 15 is 0 Å². The highest BCUT2D eigenvalue weighted by Gasteiger charge is 2.17. The number of amides is 1. The third-order valence-corrected chi connectivity index (χ3v) is 4.72. The Kier molecular flexibility index (Phi) is 6.47. The van der Waals surface area contributed by atoms with E-state index in [2.05, 4.69) is 15.4 Å². The maximum absolute atomic E-state index is 12.6. The average Bonchev–Trinajstić information content (AvgIpc) is 3.28. The van der Waals surface area contributed by atoms with Gasteiger partial charge in [0.2, 0.25) is 0 Å². The quantitative estimate of drug-likeness (QED) is 0.617. The van der Waals surface area contributed by atoms with Crippen LogP contribution in [0.15, 0.2) is 36.7 Å². The lowest BCUT2D eigenvalue weighted by Gasteiger charge is -2.13. The summed E-state index contributed by atoms with van der Waals surface area (Å²) in [5, 5.41) is 16.6. The molecule has 0 aliphatic rings. The van der Waals surface area contributed by atoms with Gasteiger partial charge in [0.15, 0.2) is 0 Å². The number of nitrogens with zero attached hydrogens (tertiary/aromatic N) is 5. The van der Waals surface area contributed by atoms with Gasteiger partial charge in [-0.1, -0.05) is 17.7 Å². The Balaban J connectivity index is 1.63. The summed E-state index contributed by atoms with van der Waals surface area (Å²) in [5.41, 5.74) is 1.94. The van der Waals surface area contributed by atoms with Gasteiger partial charge >= 0.3 is 0 Å². The third kappa shape index (κ3) is 5.02. The molecule has 1 amide bonds. The van der Waals surface area contributed by atoms with Crippen molar-refractivity contribution in [3.05, 3.63) is 58.8 Å². The molecule has 0 saturated heterocycles. The fourth-order valence-corrected chi connectivity index (χ4v) is 3.18. The van der Waals surface area contributed by atoms with Gasteiger partial charge in [0.05, 0.1) is 29.4 Å². The number of alkyl halides is 2. The molecule has 2 heterocycles. The molecule has 10 heteroatoms. The van der Waals surface area contributed by atoms with E-state index < -0.39 is 18.9 Å². The second-order valence-corrected chi connectivity index (χ2v) is 7.23. The predicted octanol–water partition coefficient (Wildman–Crippen LogP) is 3.66. The number of benzene rings is 1. The van der Waals surface area contributed by atoms with Crippen molar-refractivity contribution in [2.75, 3.05) is 0 Å². The minimum Gasteiger partial charge on any atom is -0.346 e. The van der Waals surface area contributed by atoms with E-state index in [1.54, 1.807) is 42.9 Å². The van der Waals surface area contributed by atoms with Gasteiger partial charge in [0, 0.05) is 24.0 Å². The second-order valence-electron chi connectivity index (χ2n) is 6.82. The highest BCUT2D eigenvalue weighted by atomic mass is 35.5. The van der Waals surface area contributed by atoms with E-state index in [1.165, 1.54) is 10.8 Å². The first-order chi connectivity index (χ1) is 14.3. The zero-order chi connectivity index (χ0) is 21.8. The van der Waals surface area contributed by atoms with E-state index in [1.807, 2.05) is 12.1 Å². The third-order valence-electron chi connectivity index (χ3n) is 4.41. The lowest BCUT2D eigenvalue weighted by molar-refractivity contribution is 0.0930. The summed E-state index contributed by atoms with van der Waals surface area (Å²) in [4.78, 5) is 16.4. The SMILES string of the molecule is Cc1nc(C(=O)NC(C)Cn2ccc(-c3ccc(C#N)c(Cl)c3)n2)cn1CC(F)F. The minimum atomic E-state index is -2.52. The topological polar surface area (TPSA) is 88.5 Å². The van der Waals surface area contributed by atoms with Crippen molar-refractivity contribution in [3.8, 4) is 17.3 Å². The summed E-state index contributed by atoms with van der Waals surface area (Å²) in [6, 6.07) is 8.61. The molecule has 30 heavy (non-hydrogen) atoms. The van der Waals surface area contributed by atoms with Crippen molar-refractivity contribution in [2.24, 2.45) is 0 Å². The van der Waals surface area contributed by atoms with Crippen LogP contribution in [0.1, 0.15) is 28.8 Å². The van der Waals surface area contributed by atoms with Crippen LogP contribution in [0.4, 0.5) is 8.78 Å². The molecule has 0 radical (unpaired) electrons. The molecule has 0 aliphatic heterocycles. The molecule has 3 rings (SSSR count). The molecule has 7 nitrogen and oxygen atoms in total. The van der Waals surface area contributed by atoms with Crippen LogP contribution in [0.3, 0.4) is 0 Å². The molecule has 1 aromatic carbocycles. The number of halogens is 3. The molecule has 1 atom stereocenters. The summed E-state index contributed by atoms with van der Waals surface area (Å²) in [6.07, 6.45) is 0.572. The lowest BCUT2D eigenvalue weighted by atomic mass is 10.1. The highest BCUT2D eigenvalue weighted by Crippen LogP contribution is 2.24. The molecule has 0 fully saturated rings. The molecular formula is C20H19ClF2N6O. The highest BCUT2D eigenvalue weighted by molar-refractivity contribution is 6.32. The van der Waals surface area contributed by atoms with Crippen LogP contribution in [0.25, 0.3) is 11.3 Å². The van der Waals surface area contributed by atoms with Gasteiger partial charge in [0.25, 0.3) is 12.3 Å². The van der Waals surface area contributed by atoms with Crippen LogP contribution in [0.5, 0.6) is 0 Å². The van der Waals surface area contributed by atoms with E-state index in [0.717, 1.165) is 5.56 Å². The van der Waals surface area contributed by atoms with Gasteiger partial charge in [-0.15, -0.1) is 0 Å². The Labute approximate surface area is 176 Å². The molecule has 156 valence electrons. The fraction of sp³-hybridized carbons (Fsp3) is 0.300. The number of aryl methyl sites for hydroxylation is 1. The van der Waals surface area contributed by atoms with Gasteiger partial charge in [-0.05, 0) is 32.0 Å². The molecule has 0 bridgehead atoms. The van der Waals surface area contributed by atoms with E-state index in [-0.39, 0.29) is 11.7 Å². The Morgan fingerprint density at radius 2 is 2.10 bits per heavy atom. The van der Waals surface area contributed by atoms with Gasteiger partial charge in [-0.3, -0.25) is 9.48 Å². The largest absolute Gasteiger partial charge is 0.346 e. The van der Waals surface area contributed by atoms with Crippen LogP contribution in [-0.2, 0) is 13.1 Å². The zero-order valence-electron chi connectivity index (χ0n) is 16.3. The first-order valence-corrected chi connectivity index (χ1v) is 9.51. The molecular weight excluding hydrogens is 414 g/mol. The van der Waals surface area contributed by atoms with Crippen molar-refractivity contribution in [2.45, 2.75) is 39.4 Å². The number of hydrogen-bond acceptors (Lipinski definition) is 4. The van der Waals surface area contributed by atoms with Crippen molar-refractivity contribution in [3.63, 3.8) is 0 Å². The summed E-state index contributed by atoms with van der Waals surface area (Å²) >= 11 is 6.07. The van der Waals surface area contributed by atoms with Gasteiger partial charge in [0.1, 0.15) is 17.6 Å². The summed E-state index contributed by atoms with van der Waals surface area (Å²) in [6.45, 7) is 3.27. The Morgan fingerprint density at radius 1 is 1.33 bits per heavy atom. The number of nitriles is 1. The van der Waals surface area contributed by atoms with Crippen molar-refractivity contribution in [1.82, 2.24) is 24.6 Å². The van der Waals surface area contributed by atoms with Gasteiger partial charge in [-0.2, -0.15) is 10.4 Å². The number of hydrogen-bond donors (Lipinski definition) is 1. The fourth-order valence-electron chi connectivity index (χ4n) is 2.96. The van der Waals surface area contributed by atoms with Crippen LogP contribution in [-0.4, -0.2) is 37.7 Å². The predicted molar refractivity (Wildman–Crippen MR) is 107 cm³/mol. The first kappa shape index (κ1) is 21.5. The van der Waals surface area contributed by atoms with Crippen LogP contribution < -0.4 is 5.32 Å². The number of carbonyl (C=O) groups is 1. The average molecular weight is 433 g/mol. The van der Waals surface area contributed by atoms with E-state index in [9.17, 15) is 13.6 Å². The maximum Gasteiger partial charge on any atom is 0.271 e. The monoisotopic (exact) mass is 432 g/mol. The number of nitrogens with one attached hydrogen (secondary N) is 1. The number of rotatable bonds is 7. The van der Waals surface area contributed by atoms with Crippen LogP contribution in [0.2, 0.25) is 5.02 Å². The molecule has 3 aromatic rings. The second kappa shape index (κ2) is 9.05. The minimum absolute atomic E-state index is 0.0911. The summed E-state index contributed by atoms with van der Waals surface area (Å²) < 4.78 is 28.1. The summed E-state index contributed by atoms with van der Waals surface area (Å²) in [7, 11) is 0. The van der Waals surface area contributed by atoms with Crippen molar-refractivity contribution in [1.29, 1.82) is 5.26 Å². The van der Waals surface area contributed by atoms with Gasteiger partial charge < -0.3 is 9.88 Å². The van der Waals surface area contributed by atoms with E-state index in [4.69, 9.17) is 16.9 Å². The smallest absolute Gasteiger partial charge is 0.271 e. The molecule has 1 N–H and O–H groups in total. The maximum atomic E-state index is 12.6. The van der Waals surface area contributed by atoms with Crippen molar-refractivity contribution < 1.29 is 13.6 Å². The standard InChI is InChI=1S/C20H19ClF2N6O/c1-12(25-20(30)18-10-28(11-19(22)23)13(2)26-18)9-29-6-5-17(27-29)14-3-4-15(8-24)16(21)7-14/h3-7,10,12,19H,9,11H2,1-2H3,(H,25,30).